The average Bonchev–Trinajstić information content (AvgIpc) is 2.99. The molecular weight excluding hydrogens is 518 g/mol. The van der Waals surface area contributed by atoms with Crippen LogP contribution in [0.4, 0.5) is 0 Å². The molecule has 2 aliphatic carbocycles. The number of nitrogens with two attached hydrogens (primary N) is 2. The van der Waals surface area contributed by atoms with E-state index >= 15 is 0 Å². The van der Waals surface area contributed by atoms with E-state index in [1.54, 1.807) is 0 Å². The van der Waals surface area contributed by atoms with Crippen LogP contribution in [0.1, 0.15) is 143 Å². The van der Waals surface area contributed by atoms with Crippen molar-refractivity contribution < 1.29 is 24.6 Å². The van der Waals surface area contributed by atoms with Gasteiger partial charge in [-0.15, -0.1) is 0 Å². The largest absolute Gasteiger partial charge is 0.478 e. The standard InChI is InChI=1S/C13H26N2.C12H23NO.C8H6O4/c14-12-5-1-10(2-6-12)9-11-3-7-13(15)8-4-11;14-12-10-8-6-4-2-1-3-5-7-9-11-13-12;9-7(10)5-2-1-3-6(4-5)8(11)12/h10-13H,1-9,14-15H2;1-11H2,(H,13,14);1-4H,(H,9,10)(H,11,12). The predicted octanol–water partition coefficient (Wildman–Crippen LogP) is 6.51. The highest BCUT2D eigenvalue weighted by atomic mass is 16.4. The zero-order valence-electron chi connectivity index (χ0n) is 25.0. The highest BCUT2D eigenvalue weighted by Crippen LogP contribution is 2.34. The van der Waals surface area contributed by atoms with Gasteiger partial charge >= 0.3 is 11.9 Å². The number of benzene rings is 1. The zero-order chi connectivity index (χ0) is 29.9. The first-order chi connectivity index (χ1) is 19.7. The number of hydrogen-bond acceptors (Lipinski definition) is 5. The lowest BCUT2D eigenvalue weighted by atomic mass is 9.76. The molecule has 1 aromatic carbocycles. The Hall–Kier alpha value is -2.45. The van der Waals surface area contributed by atoms with E-state index in [0.717, 1.165) is 43.7 Å². The molecule has 8 nitrogen and oxygen atoms in total. The van der Waals surface area contributed by atoms with Crippen molar-refractivity contribution in [2.75, 3.05) is 6.54 Å². The molecule has 0 bridgehead atoms. The molecule has 0 aromatic heterocycles. The van der Waals surface area contributed by atoms with Crippen LogP contribution in [-0.2, 0) is 4.79 Å². The Labute approximate surface area is 247 Å². The number of nitrogens with one attached hydrogen (secondary N) is 1. The van der Waals surface area contributed by atoms with E-state index in [-0.39, 0.29) is 17.0 Å². The van der Waals surface area contributed by atoms with Crippen molar-refractivity contribution in [1.82, 2.24) is 5.32 Å². The fraction of sp³-hybridized carbons (Fsp3) is 0.727. The maximum absolute atomic E-state index is 11.3. The molecule has 3 fully saturated rings. The van der Waals surface area contributed by atoms with Gasteiger partial charge in [0.05, 0.1) is 11.1 Å². The molecule has 0 atom stereocenters. The summed E-state index contributed by atoms with van der Waals surface area (Å²) in [5.41, 5.74) is 11.8. The van der Waals surface area contributed by atoms with Gasteiger partial charge in [0.2, 0.25) is 5.91 Å². The molecule has 7 N–H and O–H groups in total. The topological polar surface area (TPSA) is 156 Å². The van der Waals surface area contributed by atoms with Gasteiger partial charge in [-0.2, -0.15) is 0 Å². The van der Waals surface area contributed by atoms with Gasteiger partial charge in [0, 0.05) is 25.0 Å². The zero-order valence-corrected chi connectivity index (χ0v) is 25.0. The number of rotatable bonds is 4. The van der Waals surface area contributed by atoms with Gasteiger partial charge in [-0.3, -0.25) is 4.79 Å². The first kappa shape index (κ1) is 34.7. The Morgan fingerprint density at radius 2 is 1.10 bits per heavy atom. The van der Waals surface area contributed by atoms with E-state index in [4.69, 9.17) is 21.7 Å². The molecule has 0 unspecified atom stereocenters. The Morgan fingerprint density at radius 3 is 1.54 bits per heavy atom. The van der Waals surface area contributed by atoms with Crippen LogP contribution in [0.5, 0.6) is 0 Å². The van der Waals surface area contributed by atoms with Crippen molar-refractivity contribution in [1.29, 1.82) is 0 Å². The second-order valence-corrected chi connectivity index (χ2v) is 12.3. The van der Waals surface area contributed by atoms with E-state index in [1.807, 2.05) is 0 Å². The van der Waals surface area contributed by atoms with Crippen molar-refractivity contribution in [3.8, 4) is 0 Å². The Balaban J connectivity index is 0.000000217. The van der Waals surface area contributed by atoms with Crippen LogP contribution in [0.25, 0.3) is 0 Å². The summed E-state index contributed by atoms with van der Waals surface area (Å²) in [6.07, 6.45) is 24.3. The molecule has 41 heavy (non-hydrogen) atoms. The van der Waals surface area contributed by atoms with Gasteiger partial charge in [-0.1, -0.05) is 51.0 Å². The van der Waals surface area contributed by atoms with Crippen molar-refractivity contribution in [3.05, 3.63) is 35.4 Å². The number of hydrogen-bond donors (Lipinski definition) is 5. The lowest BCUT2D eigenvalue weighted by Gasteiger charge is -2.32. The summed E-state index contributed by atoms with van der Waals surface area (Å²) < 4.78 is 0. The second-order valence-electron chi connectivity index (χ2n) is 12.3. The van der Waals surface area contributed by atoms with Gasteiger partial charge in [0.25, 0.3) is 0 Å². The monoisotopic (exact) mass is 573 g/mol. The molecule has 1 aromatic rings. The van der Waals surface area contributed by atoms with Gasteiger partial charge < -0.3 is 27.0 Å². The lowest BCUT2D eigenvalue weighted by molar-refractivity contribution is -0.121. The fourth-order valence-corrected chi connectivity index (χ4v) is 6.07. The first-order valence-corrected chi connectivity index (χ1v) is 16.1. The summed E-state index contributed by atoms with van der Waals surface area (Å²) in [6.45, 7) is 0.888. The predicted molar refractivity (Wildman–Crippen MR) is 164 cm³/mol. The third kappa shape index (κ3) is 15.9. The molecule has 8 heteroatoms. The van der Waals surface area contributed by atoms with E-state index < -0.39 is 11.9 Å². The van der Waals surface area contributed by atoms with Crippen molar-refractivity contribution >= 4 is 17.8 Å². The Morgan fingerprint density at radius 1 is 0.683 bits per heavy atom. The summed E-state index contributed by atoms with van der Waals surface area (Å²) in [5, 5.41) is 20.0. The number of carboxylic acid groups (broad SMARTS) is 2. The normalized spacial score (nSPS) is 26.1. The van der Waals surface area contributed by atoms with Crippen molar-refractivity contribution in [3.63, 3.8) is 0 Å². The van der Waals surface area contributed by atoms with Crippen LogP contribution in [0.15, 0.2) is 24.3 Å². The molecule has 2 saturated carbocycles. The molecule has 1 amide bonds. The van der Waals surface area contributed by atoms with Gasteiger partial charge in [0.15, 0.2) is 0 Å². The minimum Gasteiger partial charge on any atom is -0.478 e. The molecule has 1 aliphatic heterocycles. The number of carbonyl (C=O) groups excluding carboxylic acids is 1. The second kappa shape index (κ2) is 20.4. The average molecular weight is 574 g/mol. The van der Waals surface area contributed by atoms with Gasteiger partial charge in [0.1, 0.15) is 0 Å². The summed E-state index contributed by atoms with van der Waals surface area (Å²) in [4.78, 5) is 32.0. The molecule has 0 spiro atoms. The number of carboxylic acids is 2. The van der Waals surface area contributed by atoms with Crippen molar-refractivity contribution in [2.45, 2.75) is 134 Å². The molecule has 232 valence electrons. The smallest absolute Gasteiger partial charge is 0.335 e. The fourth-order valence-electron chi connectivity index (χ4n) is 6.07. The lowest BCUT2D eigenvalue weighted by Crippen LogP contribution is -2.30. The molecule has 1 heterocycles. The van der Waals surface area contributed by atoms with Crippen LogP contribution in [0.3, 0.4) is 0 Å². The van der Waals surface area contributed by atoms with Crippen LogP contribution in [0, 0.1) is 11.8 Å². The molecule has 0 radical (unpaired) electrons. The minimum absolute atomic E-state index is 0.0186. The van der Waals surface area contributed by atoms with Crippen molar-refractivity contribution in [2.24, 2.45) is 23.3 Å². The first-order valence-electron chi connectivity index (χ1n) is 16.1. The third-order valence-electron chi connectivity index (χ3n) is 8.71. The van der Waals surface area contributed by atoms with E-state index in [0.29, 0.717) is 12.1 Å². The third-order valence-corrected chi connectivity index (χ3v) is 8.71. The maximum atomic E-state index is 11.3. The SMILES string of the molecule is NC1CCC(CC2CCC(N)CC2)CC1.O=C(O)c1cccc(C(=O)O)c1.O=C1CCCCCCCCCCCN1. The number of amides is 1. The summed E-state index contributed by atoms with van der Waals surface area (Å²) >= 11 is 0. The summed E-state index contributed by atoms with van der Waals surface area (Å²) in [6, 6.07) is 6.20. The molecule has 3 aliphatic rings. The highest BCUT2D eigenvalue weighted by Gasteiger charge is 2.24. The van der Waals surface area contributed by atoms with Gasteiger partial charge in [-0.05, 0) is 101 Å². The van der Waals surface area contributed by atoms with Crippen LogP contribution in [-0.4, -0.2) is 46.7 Å². The molecular formula is C33H55N3O5. The van der Waals surface area contributed by atoms with Crippen LogP contribution < -0.4 is 16.8 Å². The maximum Gasteiger partial charge on any atom is 0.335 e. The van der Waals surface area contributed by atoms with Crippen LogP contribution >= 0.6 is 0 Å². The quantitative estimate of drug-likeness (QED) is 0.275. The number of aromatic carboxylic acids is 2. The summed E-state index contributed by atoms with van der Waals surface area (Å²) in [7, 11) is 0. The highest BCUT2D eigenvalue weighted by molar-refractivity contribution is 5.93. The summed E-state index contributed by atoms with van der Waals surface area (Å²) in [5.74, 6) is -0.0475. The van der Waals surface area contributed by atoms with Gasteiger partial charge in [-0.25, -0.2) is 9.59 Å². The minimum atomic E-state index is -1.13. The van der Waals surface area contributed by atoms with Crippen LogP contribution in [0.2, 0.25) is 0 Å². The van der Waals surface area contributed by atoms with E-state index in [2.05, 4.69) is 5.32 Å². The number of carbonyl (C=O) groups is 3. The Bertz CT molecular complexity index is 827. The van der Waals surface area contributed by atoms with E-state index in [1.165, 1.54) is 121 Å². The Kier molecular flexibility index (Phi) is 17.3. The molecule has 1 saturated heterocycles. The molecule has 4 rings (SSSR count). The van der Waals surface area contributed by atoms with E-state index in [9.17, 15) is 14.4 Å².